The molecule has 92 valence electrons. The van der Waals surface area contributed by atoms with Gasteiger partial charge in [0.2, 0.25) is 0 Å². The minimum atomic E-state index is 0.128. The fraction of sp³-hybridized carbons (Fsp3) is 0.462. The van der Waals surface area contributed by atoms with Crippen molar-refractivity contribution in [2.45, 2.75) is 18.2 Å². The van der Waals surface area contributed by atoms with E-state index in [0.717, 1.165) is 29.5 Å². The SMILES string of the molecule is CC1CN(C(=O)c2ccccc2Br)CCC1Br. The third kappa shape index (κ3) is 2.91. The number of alkyl halides is 1. The Kier molecular flexibility index (Phi) is 4.26. The fourth-order valence-corrected chi connectivity index (χ4v) is 2.93. The Morgan fingerprint density at radius 3 is 2.76 bits per heavy atom. The Balaban J connectivity index is 2.14. The molecule has 0 radical (unpaired) electrons. The van der Waals surface area contributed by atoms with Crippen LogP contribution in [0.3, 0.4) is 0 Å². The topological polar surface area (TPSA) is 20.3 Å². The summed E-state index contributed by atoms with van der Waals surface area (Å²) in [4.78, 5) is 14.8. The molecule has 0 bridgehead atoms. The van der Waals surface area contributed by atoms with Crippen LogP contribution in [0.15, 0.2) is 28.7 Å². The van der Waals surface area contributed by atoms with Gasteiger partial charge in [0.15, 0.2) is 0 Å². The Morgan fingerprint density at radius 1 is 1.41 bits per heavy atom. The van der Waals surface area contributed by atoms with Gasteiger partial charge in [-0.1, -0.05) is 35.0 Å². The molecular weight excluding hydrogens is 346 g/mol. The van der Waals surface area contributed by atoms with Crippen LogP contribution in [0, 0.1) is 5.92 Å². The molecular formula is C13H15Br2NO. The van der Waals surface area contributed by atoms with Crippen molar-refractivity contribution in [3.8, 4) is 0 Å². The number of nitrogens with zero attached hydrogens (tertiary/aromatic N) is 1. The number of rotatable bonds is 1. The third-order valence-electron chi connectivity index (χ3n) is 3.19. The lowest BCUT2D eigenvalue weighted by Crippen LogP contribution is -2.43. The highest BCUT2D eigenvalue weighted by atomic mass is 79.9. The minimum Gasteiger partial charge on any atom is -0.338 e. The minimum absolute atomic E-state index is 0.128. The summed E-state index contributed by atoms with van der Waals surface area (Å²) in [5.74, 6) is 0.638. The van der Waals surface area contributed by atoms with Crippen molar-refractivity contribution in [3.63, 3.8) is 0 Å². The predicted molar refractivity (Wildman–Crippen MR) is 76.5 cm³/mol. The van der Waals surface area contributed by atoms with Gasteiger partial charge in [0.1, 0.15) is 0 Å². The van der Waals surface area contributed by atoms with Gasteiger partial charge in [-0.2, -0.15) is 0 Å². The number of benzene rings is 1. The van der Waals surface area contributed by atoms with Crippen molar-refractivity contribution in [2.24, 2.45) is 5.92 Å². The van der Waals surface area contributed by atoms with Crippen LogP contribution in [0.1, 0.15) is 23.7 Å². The summed E-state index contributed by atoms with van der Waals surface area (Å²) in [6.45, 7) is 3.84. The van der Waals surface area contributed by atoms with E-state index in [1.165, 1.54) is 0 Å². The van der Waals surface area contributed by atoms with E-state index in [0.29, 0.717) is 10.7 Å². The quantitative estimate of drug-likeness (QED) is 0.699. The van der Waals surface area contributed by atoms with Gasteiger partial charge in [-0.15, -0.1) is 0 Å². The van der Waals surface area contributed by atoms with E-state index in [1.54, 1.807) is 0 Å². The summed E-state index contributed by atoms with van der Waals surface area (Å²) in [6.07, 6.45) is 1.03. The standard InChI is InChI=1S/C13H15Br2NO/c1-9-8-16(7-6-11(9)14)13(17)10-4-2-3-5-12(10)15/h2-5,9,11H,6-8H2,1H3. The van der Waals surface area contributed by atoms with E-state index in [2.05, 4.69) is 38.8 Å². The van der Waals surface area contributed by atoms with E-state index in [9.17, 15) is 4.79 Å². The van der Waals surface area contributed by atoms with Gasteiger partial charge in [-0.25, -0.2) is 0 Å². The van der Waals surface area contributed by atoms with Crippen molar-refractivity contribution >= 4 is 37.8 Å². The normalized spacial score (nSPS) is 24.8. The van der Waals surface area contributed by atoms with E-state index in [1.807, 2.05) is 29.2 Å². The van der Waals surface area contributed by atoms with Gasteiger partial charge in [-0.05, 0) is 40.4 Å². The van der Waals surface area contributed by atoms with E-state index in [4.69, 9.17) is 0 Å². The van der Waals surface area contributed by atoms with Crippen molar-refractivity contribution in [3.05, 3.63) is 34.3 Å². The maximum Gasteiger partial charge on any atom is 0.255 e. The van der Waals surface area contributed by atoms with Gasteiger partial charge in [0.05, 0.1) is 5.56 Å². The zero-order valence-corrected chi connectivity index (χ0v) is 12.9. The lowest BCUT2D eigenvalue weighted by atomic mass is 9.99. The van der Waals surface area contributed by atoms with Crippen molar-refractivity contribution in [1.82, 2.24) is 4.90 Å². The predicted octanol–water partition coefficient (Wildman–Crippen LogP) is 3.69. The summed E-state index contributed by atoms with van der Waals surface area (Å²) >= 11 is 7.09. The summed E-state index contributed by atoms with van der Waals surface area (Å²) in [7, 11) is 0. The van der Waals surface area contributed by atoms with Crippen LogP contribution in [0.5, 0.6) is 0 Å². The molecule has 1 aromatic carbocycles. The van der Waals surface area contributed by atoms with Crippen molar-refractivity contribution in [2.75, 3.05) is 13.1 Å². The lowest BCUT2D eigenvalue weighted by Gasteiger charge is -2.34. The molecule has 1 aromatic rings. The number of carbonyl (C=O) groups excluding carboxylic acids is 1. The van der Waals surface area contributed by atoms with Crippen LogP contribution in [0.25, 0.3) is 0 Å². The molecule has 2 atom stereocenters. The summed E-state index contributed by atoms with van der Waals surface area (Å²) < 4.78 is 0.874. The zero-order valence-electron chi connectivity index (χ0n) is 9.70. The second-order valence-corrected chi connectivity index (χ2v) is 6.54. The number of likely N-dealkylation sites (tertiary alicyclic amines) is 1. The Morgan fingerprint density at radius 2 is 2.12 bits per heavy atom. The molecule has 0 aliphatic carbocycles. The van der Waals surface area contributed by atoms with Gasteiger partial charge in [-0.3, -0.25) is 4.79 Å². The van der Waals surface area contributed by atoms with E-state index in [-0.39, 0.29) is 5.91 Å². The van der Waals surface area contributed by atoms with Gasteiger partial charge >= 0.3 is 0 Å². The van der Waals surface area contributed by atoms with Gasteiger partial charge in [0.25, 0.3) is 5.91 Å². The van der Waals surface area contributed by atoms with Crippen LogP contribution < -0.4 is 0 Å². The molecule has 1 fully saturated rings. The highest BCUT2D eigenvalue weighted by molar-refractivity contribution is 9.10. The van der Waals surface area contributed by atoms with Gasteiger partial charge < -0.3 is 4.90 Å². The summed E-state index contributed by atoms with van der Waals surface area (Å²) in [6, 6.07) is 7.61. The molecule has 1 aliphatic rings. The molecule has 0 N–H and O–H groups in total. The molecule has 2 unspecified atom stereocenters. The summed E-state index contributed by atoms with van der Waals surface area (Å²) in [5.41, 5.74) is 0.757. The Bertz CT molecular complexity index is 422. The molecule has 1 heterocycles. The zero-order chi connectivity index (χ0) is 12.4. The second-order valence-electron chi connectivity index (χ2n) is 4.51. The first-order valence-electron chi connectivity index (χ1n) is 5.77. The molecule has 1 saturated heterocycles. The fourth-order valence-electron chi connectivity index (χ4n) is 2.11. The maximum atomic E-state index is 12.4. The molecule has 2 rings (SSSR count). The highest BCUT2D eigenvalue weighted by Crippen LogP contribution is 2.26. The number of carbonyl (C=O) groups is 1. The van der Waals surface area contributed by atoms with Crippen LogP contribution in [0.2, 0.25) is 0 Å². The van der Waals surface area contributed by atoms with Crippen molar-refractivity contribution in [1.29, 1.82) is 0 Å². The second kappa shape index (κ2) is 5.53. The number of hydrogen-bond acceptors (Lipinski definition) is 1. The average Bonchev–Trinajstić information content (AvgIpc) is 2.32. The lowest BCUT2D eigenvalue weighted by molar-refractivity contribution is 0.0689. The third-order valence-corrected chi connectivity index (χ3v) is 5.24. The number of hydrogen-bond donors (Lipinski definition) is 0. The molecule has 1 amide bonds. The van der Waals surface area contributed by atoms with E-state index < -0.39 is 0 Å². The molecule has 1 aliphatic heterocycles. The smallest absolute Gasteiger partial charge is 0.255 e. The van der Waals surface area contributed by atoms with Crippen LogP contribution >= 0.6 is 31.9 Å². The van der Waals surface area contributed by atoms with Crippen LogP contribution in [-0.4, -0.2) is 28.7 Å². The van der Waals surface area contributed by atoms with Crippen LogP contribution in [-0.2, 0) is 0 Å². The molecule has 4 heteroatoms. The molecule has 0 saturated carbocycles. The highest BCUT2D eigenvalue weighted by Gasteiger charge is 2.28. The Hall–Kier alpha value is -0.350. The summed E-state index contributed by atoms with van der Waals surface area (Å²) in [5, 5.41) is 0. The largest absolute Gasteiger partial charge is 0.338 e. The molecule has 2 nitrogen and oxygen atoms in total. The van der Waals surface area contributed by atoms with Crippen molar-refractivity contribution < 1.29 is 4.79 Å². The molecule has 0 aromatic heterocycles. The monoisotopic (exact) mass is 359 g/mol. The first-order chi connectivity index (χ1) is 8.09. The average molecular weight is 361 g/mol. The molecule has 17 heavy (non-hydrogen) atoms. The Labute approximate surface area is 119 Å². The molecule has 0 spiro atoms. The van der Waals surface area contributed by atoms with Gasteiger partial charge in [0, 0.05) is 22.4 Å². The number of piperidine rings is 1. The first kappa shape index (κ1) is 13.1. The number of halogens is 2. The first-order valence-corrected chi connectivity index (χ1v) is 7.48. The maximum absolute atomic E-state index is 12.4. The van der Waals surface area contributed by atoms with Crippen LogP contribution in [0.4, 0.5) is 0 Å². The number of amides is 1. The van der Waals surface area contributed by atoms with E-state index >= 15 is 0 Å².